The summed E-state index contributed by atoms with van der Waals surface area (Å²) in [6.45, 7) is 0. The van der Waals surface area contributed by atoms with E-state index in [9.17, 15) is 9.59 Å². The molecule has 0 saturated heterocycles. The monoisotopic (exact) mass is 328 g/mol. The SMILES string of the molecule is O=C(CC1CCCC1)Nc1ccccc1C(=O)NC1CCCCC1. The molecule has 0 aliphatic heterocycles. The zero-order valence-electron chi connectivity index (χ0n) is 14.4. The molecule has 1 aromatic carbocycles. The number of carbonyl (C=O) groups is 2. The van der Waals surface area contributed by atoms with E-state index in [1.807, 2.05) is 18.2 Å². The Morgan fingerprint density at radius 3 is 2.33 bits per heavy atom. The lowest BCUT2D eigenvalue weighted by molar-refractivity contribution is -0.117. The first-order chi connectivity index (χ1) is 11.7. The number of hydrogen-bond donors (Lipinski definition) is 2. The summed E-state index contributed by atoms with van der Waals surface area (Å²) in [7, 11) is 0. The van der Waals surface area contributed by atoms with Crippen LogP contribution in [0.5, 0.6) is 0 Å². The molecule has 2 amide bonds. The van der Waals surface area contributed by atoms with Crippen LogP contribution < -0.4 is 10.6 Å². The van der Waals surface area contributed by atoms with Gasteiger partial charge < -0.3 is 10.6 Å². The Balaban J connectivity index is 1.61. The first-order valence-corrected chi connectivity index (χ1v) is 9.42. The largest absolute Gasteiger partial charge is 0.349 e. The molecule has 0 spiro atoms. The van der Waals surface area contributed by atoms with Gasteiger partial charge in [0.15, 0.2) is 0 Å². The summed E-state index contributed by atoms with van der Waals surface area (Å²) in [5.41, 5.74) is 1.21. The summed E-state index contributed by atoms with van der Waals surface area (Å²) in [5, 5.41) is 6.09. The standard InChI is InChI=1S/C20H28N2O2/c23-19(14-15-8-4-5-9-15)22-18-13-7-6-12-17(18)20(24)21-16-10-2-1-3-11-16/h6-7,12-13,15-16H,1-5,8-11,14H2,(H,21,24)(H,22,23). The maximum absolute atomic E-state index is 12.6. The van der Waals surface area contributed by atoms with E-state index in [0.29, 0.717) is 23.6 Å². The summed E-state index contributed by atoms with van der Waals surface area (Å²) in [5.74, 6) is 0.465. The van der Waals surface area contributed by atoms with Crippen LogP contribution in [0.25, 0.3) is 0 Å². The predicted molar refractivity (Wildman–Crippen MR) is 96.0 cm³/mol. The van der Waals surface area contributed by atoms with E-state index in [1.54, 1.807) is 6.07 Å². The minimum Gasteiger partial charge on any atom is -0.349 e. The molecule has 0 atom stereocenters. The van der Waals surface area contributed by atoms with Gasteiger partial charge in [0.1, 0.15) is 0 Å². The van der Waals surface area contributed by atoms with Crippen LogP contribution in [0.15, 0.2) is 24.3 Å². The Morgan fingerprint density at radius 2 is 1.58 bits per heavy atom. The van der Waals surface area contributed by atoms with Crippen molar-refractivity contribution in [3.63, 3.8) is 0 Å². The molecule has 0 unspecified atom stereocenters. The van der Waals surface area contributed by atoms with Crippen molar-refractivity contribution in [1.82, 2.24) is 5.32 Å². The van der Waals surface area contributed by atoms with Crippen molar-refractivity contribution in [1.29, 1.82) is 0 Å². The number of rotatable bonds is 5. The van der Waals surface area contributed by atoms with Crippen LogP contribution >= 0.6 is 0 Å². The summed E-state index contributed by atoms with van der Waals surface area (Å²) in [6.07, 6.45) is 11.1. The van der Waals surface area contributed by atoms with Gasteiger partial charge in [-0.3, -0.25) is 9.59 Å². The number of amides is 2. The van der Waals surface area contributed by atoms with E-state index in [1.165, 1.54) is 32.1 Å². The van der Waals surface area contributed by atoms with E-state index in [4.69, 9.17) is 0 Å². The first kappa shape index (κ1) is 17.0. The maximum atomic E-state index is 12.6. The van der Waals surface area contributed by atoms with Crippen LogP contribution in [0.4, 0.5) is 5.69 Å². The molecule has 0 bridgehead atoms. The Hall–Kier alpha value is -1.84. The Labute approximate surface area is 144 Å². The average molecular weight is 328 g/mol. The number of nitrogens with one attached hydrogen (secondary N) is 2. The topological polar surface area (TPSA) is 58.2 Å². The fourth-order valence-corrected chi connectivity index (χ4v) is 3.98. The second kappa shape index (κ2) is 8.32. The molecule has 3 rings (SSSR count). The summed E-state index contributed by atoms with van der Waals surface area (Å²) in [4.78, 5) is 24.9. The van der Waals surface area contributed by atoms with Gasteiger partial charge in [0.2, 0.25) is 5.91 Å². The lowest BCUT2D eigenvalue weighted by Gasteiger charge is -2.23. The molecule has 2 saturated carbocycles. The van der Waals surface area contributed by atoms with E-state index >= 15 is 0 Å². The maximum Gasteiger partial charge on any atom is 0.253 e. The highest BCUT2D eigenvalue weighted by Gasteiger charge is 2.21. The molecule has 130 valence electrons. The molecule has 2 N–H and O–H groups in total. The van der Waals surface area contributed by atoms with Gasteiger partial charge in [-0.05, 0) is 43.7 Å². The molecule has 1 aromatic rings. The normalized spacial score (nSPS) is 19.2. The van der Waals surface area contributed by atoms with Gasteiger partial charge in [-0.2, -0.15) is 0 Å². The van der Waals surface area contributed by atoms with Crippen LogP contribution in [-0.4, -0.2) is 17.9 Å². The van der Waals surface area contributed by atoms with Gasteiger partial charge in [0, 0.05) is 12.5 Å². The number of hydrogen-bond acceptors (Lipinski definition) is 2. The molecule has 4 nitrogen and oxygen atoms in total. The second-order valence-corrected chi connectivity index (χ2v) is 7.26. The van der Waals surface area contributed by atoms with Gasteiger partial charge in [0.05, 0.1) is 11.3 Å². The minimum absolute atomic E-state index is 0.0276. The second-order valence-electron chi connectivity index (χ2n) is 7.26. The Kier molecular flexibility index (Phi) is 5.89. The highest BCUT2D eigenvalue weighted by molar-refractivity contribution is 6.03. The number of para-hydroxylation sites is 1. The first-order valence-electron chi connectivity index (χ1n) is 9.42. The van der Waals surface area contributed by atoms with E-state index in [0.717, 1.165) is 25.7 Å². The lowest BCUT2D eigenvalue weighted by atomic mass is 9.95. The molecule has 24 heavy (non-hydrogen) atoms. The van der Waals surface area contributed by atoms with Crippen LogP contribution in [0.2, 0.25) is 0 Å². The van der Waals surface area contributed by atoms with E-state index < -0.39 is 0 Å². The highest BCUT2D eigenvalue weighted by Crippen LogP contribution is 2.28. The summed E-state index contributed by atoms with van der Waals surface area (Å²) in [6, 6.07) is 7.60. The van der Waals surface area contributed by atoms with Crippen LogP contribution in [0.1, 0.15) is 74.6 Å². The fourth-order valence-electron chi connectivity index (χ4n) is 3.98. The van der Waals surface area contributed by atoms with Crippen molar-refractivity contribution in [2.45, 2.75) is 70.3 Å². The molecule has 4 heteroatoms. The van der Waals surface area contributed by atoms with Crippen molar-refractivity contribution in [3.8, 4) is 0 Å². The van der Waals surface area contributed by atoms with E-state index in [2.05, 4.69) is 10.6 Å². The Bertz CT molecular complexity index is 573. The number of carbonyl (C=O) groups excluding carboxylic acids is 2. The minimum atomic E-state index is -0.0707. The quantitative estimate of drug-likeness (QED) is 0.848. The van der Waals surface area contributed by atoms with E-state index in [-0.39, 0.29) is 17.9 Å². The van der Waals surface area contributed by atoms with Gasteiger partial charge in [-0.1, -0.05) is 44.2 Å². The average Bonchev–Trinajstić information content (AvgIpc) is 3.09. The van der Waals surface area contributed by atoms with Gasteiger partial charge in [-0.25, -0.2) is 0 Å². The fraction of sp³-hybridized carbons (Fsp3) is 0.600. The Morgan fingerprint density at radius 1 is 0.917 bits per heavy atom. The molecule has 2 aliphatic rings. The molecule has 2 fully saturated rings. The molecule has 0 aromatic heterocycles. The lowest BCUT2D eigenvalue weighted by Crippen LogP contribution is -2.36. The van der Waals surface area contributed by atoms with Crippen molar-refractivity contribution in [3.05, 3.63) is 29.8 Å². The molecular formula is C20H28N2O2. The molecular weight excluding hydrogens is 300 g/mol. The molecule has 0 heterocycles. The van der Waals surface area contributed by atoms with Crippen molar-refractivity contribution in [2.75, 3.05) is 5.32 Å². The van der Waals surface area contributed by atoms with Gasteiger partial charge in [0.25, 0.3) is 5.91 Å². The number of benzene rings is 1. The summed E-state index contributed by atoms with van der Waals surface area (Å²) < 4.78 is 0. The zero-order chi connectivity index (χ0) is 16.8. The predicted octanol–water partition coefficient (Wildman–Crippen LogP) is 4.27. The summed E-state index contributed by atoms with van der Waals surface area (Å²) >= 11 is 0. The van der Waals surface area contributed by atoms with Gasteiger partial charge >= 0.3 is 0 Å². The smallest absolute Gasteiger partial charge is 0.253 e. The third-order valence-corrected chi connectivity index (χ3v) is 5.33. The van der Waals surface area contributed by atoms with Gasteiger partial charge in [-0.15, -0.1) is 0 Å². The molecule has 2 aliphatic carbocycles. The third-order valence-electron chi connectivity index (χ3n) is 5.33. The van der Waals surface area contributed by atoms with Crippen molar-refractivity contribution >= 4 is 17.5 Å². The third kappa shape index (κ3) is 4.59. The van der Waals surface area contributed by atoms with Crippen LogP contribution in [0, 0.1) is 5.92 Å². The van der Waals surface area contributed by atoms with Crippen LogP contribution in [0.3, 0.4) is 0 Å². The van der Waals surface area contributed by atoms with Crippen molar-refractivity contribution < 1.29 is 9.59 Å². The van der Waals surface area contributed by atoms with Crippen LogP contribution in [-0.2, 0) is 4.79 Å². The highest BCUT2D eigenvalue weighted by atomic mass is 16.2. The number of anilines is 1. The van der Waals surface area contributed by atoms with Crippen molar-refractivity contribution in [2.24, 2.45) is 5.92 Å². The zero-order valence-corrected chi connectivity index (χ0v) is 14.4. The molecule has 0 radical (unpaired) electrons.